The van der Waals surface area contributed by atoms with Gasteiger partial charge < -0.3 is 19.3 Å². The number of rotatable bonds is 5. The standard InChI is InChI=1S/C21H24N2O4/c1-13-5-8-15(9-6-13)19(24)17-18(16-10-7-14(2)27-16)23(12-11-22(3)4)21(26)20(17)25/h5-10,18,24H,11-12H2,1-4H3/t18-/m1/s1. The molecule has 2 aromatic rings. The molecular formula is C21H24N2O4. The van der Waals surface area contributed by atoms with Crippen LogP contribution in [0.2, 0.25) is 0 Å². The fourth-order valence-electron chi connectivity index (χ4n) is 3.18. The number of hydrogen-bond donors (Lipinski definition) is 1. The highest BCUT2D eigenvalue weighted by Gasteiger charge is 2.47. The number of aryl methyl sites for hydroxylation is 2. The van der Waals surface area contributed by atoms with Crippen LogP contribution in [0.15, 0.2) is 46.4 Å². The van der Waals surface area contributed by atoms with Crippen molar-refractivity contribution in [3.05, 3.63) is 64.6 Å². The average Bonchev–Trinajstić information content (AvgIpc) is 3.15. The fourth-order valence-corrected chi connectivity index (χ4v) is 3.18. The first-order chi connectivity index (χ1) is 12.8. The van der Waals surface area contributed by atoms with Crippen molar-refractivity contribution in [3.8, 4) is 0 Å². The molecule has 142 valence electrons. The molecule has 1 fully saturated rings. The van der Waals surface area contributed by atoms with Crippen LogP contribution < -0.4 is 0 Å². The molecule has 1 atom stereocenters. The molecule has 0 radical (unpaired) electrons. The lowest BCUT2D eigenvalue weighted by Gasteiger charge is -2.24. The molecular weight excluding hydrogens is 344 g/mol. The molecule has 1 aliphatic heterocycles. The van der Waals surface area contributed by atoms with Crippen molar-refractivity contribution in [2.75, 3.05) is 27.2 Å². The molecule has 1 aromatic heterocycles. The highest BCUT2D eigenvalue weighted by atomic mass is 16.3. The topological polar surface area (TPSA) is 74.0 Å². The lowest BCUT2D eigenvalue weighted by molar-refractivity contribution is -0.140. The SMILES string of the molecule is Cc1ccc(C(O)=C2C(=O)C(=O)N(CCN(C)C)[C@@H]2c2ccc(C)o2)cc1. The van der Waals surface area contributed by atoms with Gasteiger partial charge in [0.2, 0.25) is 0 Å². The van der Waals surface area contributed by atoms with Gasteiger partial charge in [-0.2, -0.15) is 0 Å². The third-order valence-corrected chi connectivity index (χ3v) is 4.68. The smallest absolute Gasteiger partial charge is 0.295 e. The van der Waals surface area contributed by atoms with E-state index >= 15 is 0 Å². The highest BCUT2D eigenvalue weighted by Crippen LogP contribution is 2.39. The second-order valence-electron chi connectivity index (χ2n) is 7.11. The minimum absolute atomic E-state index is 0.0666. The molecule has 0 spiro atoms. The molecule has 1 saturated heterocycles. The molecule has 27 heavy (non-hydrogen) atoms. The van der Waals surface area contributed by atoms with Gasteiger partial charge in [-0.15, -0.1) is 0 Å². The van der Waals surface area contributed by atoms with Crippen LogP contribution in [0.4, 0.5) is 0 Å². The Labute approximate surface area is 158 Å². The van der Waals surface area contributed by atoms with Gasteiger partial charge in [-0.1, -0.05) is 29.8 Å². The van der Waals surface area contributed by atoms with E-state index in [-0.39, 0.29) is 11.3 Å². The second-order valence-corrected chi connectivity index (χ2v) is 7.11. The third kappa shape index (κ3) is 3.66. The van der Waals surface area contributed by atoms with Gasteiger partial charge in [0.1, 0.15) is 23.3 Å². The summed E-state index contributed by atoms with van der Waals surface area (Å²) in [5, 5.41) is 10.9. The van der Waals surface area contributed by atoms with Crippen molar-refractivity contribution in [2.24, 2.45) is 0 Å². The van der Waals surface area contributed by atoms with Crippen molar-refractivity contribution in [1.29, 1.82) is 0 Å². The van der Waals surface area contributed by atoms with Crippen LogP contribution in [0.1, 0.15) is 28.7 Å². The van der Waals surface area contributed by atoms with Crippen molar-refractivity contribution in [2.45, 2.75) is 19.9 Å². The van der Waals surface area contributed by atoms with E-state index in [4.69, 9.17) is 4.42 Å². The Morgan fingerprint density at radius 2 is 1.78 bits per heavy atom. The van der Waals surface area contributed by atoms with Crippen LogP contribution in [0, 0.1) is 13.8 Å². The maximum Gasteiger partial charge on any atom is 0.295 e. The van der Waals surface area contributed by atoms with Crippen molar-refractivity contribution >= 4 is 17.4 Å². The zero-order valence-electron chi connectivity index (χ0n) is 16.0. The van der Waals surface area contributed by atoms with Gasteiger partial charge in [-0.25, -0.2) is 0 Å². The van der Waals surface area contributed by atoms with Crippen molar-refractivity contribution in [1.82, 2.24) is 9.80 Å². The van der Waals surface area contributed by atoms with Crippen LogP contribution in [0.25, 0.3) is 5.76 Å². The molecule has 0 bridgehead atoms. The number of Topliss-reactive ketones (excluding diaryl/α,β-unsaturated/α-hetero) is 1. The minimum atomic E-state index is -0.736. The lowest BCUT2D eigenvalue weighted by atomic mass is 9.99. The first-order valence-electron chi connectivity index (χ1n) is 8.86. The number of carbonyl (C=O) groups is 2. The number of likely N-dealkylation sites (tertiary alicyclic amines) is 1. The molecule has 3 rings (SSSR count). The van der Waals surface area contributed by atoms with Crippen LogP contribution in [-0.4, -0.2) is 53.8 Å². The average molecular weight is 368 g/mol. The normalized spacial score (nSPS) is 19.3. The number of amides is 1. The number of likely N-dealkylation sites (N-methyl/N-ethyl adjacent to an activating group) is 1. The van der Waals surface area contributed by atoms with E-state index in [9.17, 15) is 14.7 Å². The number of ketones is 1. The van der Waals surface area contributed by atoms with E-state index in [2.05, 4.69) is 0 Å². The van der Waals surface area contributed by atoms with Gasteiger partial charge in [0.05, 0.1) is 5.57 Å². The molecule has 2 heterocycles. The molecule has 0 aliphatic carbocycles. The summed E-state index contributed by atoms with van der Waals surface area (Å²) in [5.74, 6) is -0.340. The number of aliphatic hydroxyl groups excluding tert-OH is 1. The van der Waals surface area contributed by atoms with Crippen molar-refractivity contribution < 1.29 is 19.1 Å². The van der Waals surface area contributed by atoms with Crippen LogP contribution in [0.5, 0.6) is 0 Å². The summed E-state index contributed by atoms with van der Waals surface area (Å²) in [5.41, 5.74) is 1.60. The van der Waals surface area contributed by atoms with Gasteiger partial charge in [0.15, 0.2) is 0 Å². The minimum Gasteiger partial charge on any atom is -0.507 e. The predicted octanol–water partition coefficient (Wildman–Crippen LogP) is 2.88. The van der Waals surface area contributed by atoms with E-state index in [1.54, 1.807) is 31.2 Å². The van der Waals surface area contributed by atoms with Gasteiger partial charge in [-0.3, -0.25) is 9.59 Å². The Morgan fingerprint density at radius 3 is 2.33 bits per heavy atom. The van der Waals surface area contributed by atoms with E-state index in [0.29, 0.717) is 30.2 Å². The van der Waals surface area contributed by atoms with E-state index in [1.807, 2.05) is 38.1 Å². The molecule has 0 unspecified atom stereocenters. The van der Waals surface area contributed by atoms with Crippen LogP contribution >= 0.6 is 0 Å². The number of nitrogens with zero attached hydrogens (tertiary/aromatic N) is 2. The molecule has 0 saturated carbocycles. The number of carbonyl (C=O) groups excluding carboxylic acids is 2. The largest absolute Gasteiger partial charge is 0.507 e. The van der Waals surface area contributed by atoms with Gasteiger partial charge >= 0.3 is 0 Å². The van der Waals surface area contributed by atoms with Gasteiger partial charge in [0.25, 0.3) is 11.7 Å². The summed E-state index contributed by atoms with van der Waals surface area (Å²) in [6, 6.07) is 9.97. The first-order valence-corrected chi connectivity index (χ1v) is 8.86. The van der Waals surface area contributed by atoms with Gasteiger partial charge in [0, 0.05) is 18.7 Å². The number of furan rings is 1. The Kier molecular flexibility index (Phi) is 5.19. The molecule has 1 N–H and O–H groups in total. The summed E-state index contributed by atoms with van der Waals surface area (Å²) in [6.07, 6.45) is 0. The third-order valence-electron chi connectivity index (χ3n) is 4.68. The Morgan fingerprint density at radius 1 is 1.11 bits per heavy atom. The number of aliphatic hydroxyl groups is 1. The Hall–Kier alpha value is -2.86. The molecule has 1 amide bonds. The van der Waals surface area contributed by atoms with E-state index < -0.39 is 17.7 Å². The summed E-state index contributed by atoms with van der Waals surface area (Å²) >= 11 is 0. The van der Waals surface area contributed by atoms with Crippen LogP contribution in [0.3, 0.4) is 0 Å². The maximum atomic E-state index is 12.8. The summed E-state index contributed by atoms with van der Waals surface area (Å²) in [6.45, 7) is 4.69. The van der Waals surface area contributed by atoms with Crippen LogP contribution in [-0.2, 0) is 9.59 Å². The first kappa shape index (κ1) is 18.9. The zero-order chi connectivity index (χ0) is 19.7. The zero-order valence-corrected chi connectivity index (χ0v) is 16.0. The Bertz CT molecular complexity index is 893. The number of hydrogen-bond acceptors (Lipinski definition) is 5. The lowest BCUT2D eigenvalue weighted by Crippen LogP contribution is -2.35. The quantitative estimate of drug-likeness (QED) is 0.499. The van der Waals surface area contributed by atoms with E-state index in [1.165, 1.54) is 4.90 Å². The summed E-state index contributed by atoms with van der Waals surface area (Å²) < 4.78 is 5.73. The maximum absolute atomic E-state index is 12.8. The molecule has 1 aromatic carbocycles. The summed E-state index contributed by atoms with van der Waals surface area (Å²) in [4.78, 5) is 28.9. The molecule has 6 heteroatoms. The molecule has 1 aliphatic rings. The fraction of sp³-hybridized carbons (Fsp3) is 0.333. The Balaban J connectivity index is 2.11. The number of benzene rings is 1. The summed E-state index contributed by atoms with van der Waals surface area (Å²) in [7, 11) is 3.80. The second kappa shape index (κ2) is 7.40. The highest BCUT2D eigenvalue weighted by molar-refractivity contribution is 6.46. The monoisotopic (exact) mass is 368 g/mol. The van der Waals surface area contributed by atoms with Crippen molar-refractivity contribution in [3.63, 3.8) is 0 Å². The predicted molar refractivity (Wildman–Crippen MR) is 102 cm³/mol. The van der Waals surface area contributed by atoms with Gasteiger partial charge in [-0.05, 0) is 40.1 Å². The van der Waals surface area contributed by atoms with E-state index in [0.717, 1.165) is 5.56 Å². The molecule has 6 nitrogen and oxygen atoms in total.